The van der Waals surface area contributed by atoms with Crippen molar-refractivity contribution in [3.8, 4) is 5.75 Å². The second kappa shape index (κ2) is 7.77. The minimum Gasteiger partial charge on any atom is -0.497 e. The maximum atomic E-state index is 12.9. The van der Waals surface area contributed by atoms with Crippen molar-refractivity contribution >= 4 is 11.7 Å². The predicted octanol–water partition coefficient (Wildman–Crippen LogP) is 3.72. The Morgan fingerprint density at radius 2 is 1.58 bits per heavy atom. The highest BCUT2D eigenvalue weighted by atomic mass is 16.5. The molecule has 0 saturated heterocycles. The number of hydrogen-bond acceptors (Lipinski definition) is 3. The summed E-state index contributed by atoms with van der Waals surface area (Å²) in [5, 5.41) is 0. The Bertz CT molecular complexity index is 731. The number of methoxy groups -OCH3 is 1. The molecule has 1 amide bonds. The van der Waals surface area contributed by atoms with Gasteiger partial charge in [-0.1, -0.05) is 11.6 Å². The molecule has 0 aliphatic carbocycles. The van der Waals surface area contributed by atoms with Gasteiger partial charge in [0.25, 0.3) is 5.91 Å². The maximum Gasteiger partial charge on any atom is 0.254 e. The summed E-state index contributed by atoms with van der Waals surface area (Å²) in [6, 6.07) is 12.3. The number of nitrogens with zero attached hydrogens (tertiary/aromatic N) is 1. The summed E-state index contributed by atoms with van der Waals surface area (Å²) < 4.78 is 5.12. The first kappa shape index (κ1) is 17.7. The lowest BCUT2D eigenvalue weighted by Crippen LogP contribution is -2.31. The zero-order valence-electron chi connectivity index (χ0n) is 14.6. The lowest BCUT2D eigenvalue weighted by molar-refractivity contribution is 0.0768. The molecule has 2 aromatic carbocycles. The van der Waals surface area contributed by atoms with Gasteiger partial charge in [0.1, 0.15) is 5.75 Å². The molecule has 0 radical (unpaired) electrons. The van der Waals surface area contributed by atoms with Gasteiger partial charge in [-0.15, -0.1) is 0 Å². The fraction of sp³-hybridized carbons (Fsp3) is 0.300. The van der Waals surface area contributed by atoms with Crippen molar-refractivity contribution < 1.29 is 14.3 Å². The average Bonchev–Trinajstić information content (AvgIpc) is 2.62. The monoisotopic (exact) mass is 325 g/mol. The van der Waals surface area contributed by atoms with E-state index < -0.39 is 0 Å². The molecule has 4 nitrogen and oxygen atoms in total. The lowest BCUT2D eigenvalue weighted by atomic mass is 9.95. The van der Waals surface area contributed by atoms with Crippen molar-refractivity contribution in [3.63, 3.8) is 0 Å². The molecule has 2 aromatic rings. The Labute approximate surface area is 143 Å². The molecule has 4 heteroatoms. The smallest absolute Gasteiger partial charge is 0.254 e. The lowest BCUT2D eigenvalue weighted by Gasteiger charge is -2.20. The molecule has 24 heavy (non-hydrogen) atoms. The molecule has 0 unspecified atom stereocenters. The van der Waals surface area contributed by atoms with E-state index >= 15 is 0 Å². The molecule has 0 saturated carbocycles. The third-order valence-corrected chi connectivity index (χ3v) is 4.05. The molecular weight excluding hydrogens is 302 g/mol. The summed E-state index contributed by atoms with van der Waals surface area (Å²) in [4.78, 5) is 27.4. The maximum absolute atomic E-state index is 12.9. The van der Waals surface area contributed by atoms with Crippen LogP contribution in [0.15, 0.2) is 42.5 Å². The van der Waals surface area contributed by atoms with Gasteiger partial charge in [-0.05, 0) is 57.2 Å². The summed E-state index contributed by atoms with van der Waals surface area (Å²) in [6.07, 6.45) is 0. The Balaban J connectivity index is 2.46. The van der Waals surface area contributed by atoms with Gasteiger partial charge in [0.15, 0.2) is 5.78 Å². The normalized spacial score (nSPS) is 10.3. The van der Waals surface area contributed by atoms with Crippen LogP contribution in [0.3, 0.4) is 0 Å². The van der Waals surface area contributed by atoms with Gasteiger partial charge in [-0.2, -0.15) is 0 Å². The summed E-state index contributed by atoms with van der Waals surface area (Å²) >= 11 is 0. The number of ketones is 1. The van der Waals surface area contributed by atoms with E-state index in [2.05, 4.69) is 0 Å². The van der Waals surface area contributed by atoms with E-state index in [-0.39, 0.29) is 11.7 Å². The number of ether oxygens (including phenoxy) is 1. The van der Waals surface area contributed by atoms with Crippen LogP contribution in [0.1, 0.15) is 45.7 Å². The predicted molar refractivity (Wildman–Crippen MR) is 94.9 cm³/mol. The molecule has 0 heterocycles. The van der Waals surface area contributed by atoms with E-state index in [0.717, 1.165) is 5.56 Å². The Hall–Kier alpha value is -2.62. The molecule has 0 aliphatic rings. The van der Waals surface area contributed by atoms with Crippen LogP contribution in [0.4, 0.5) is 0 Å². The van der Waals surface area contributed by atoms with E-state index in [9.17, 15) is 9.59 Å². The first-order valence-electron chi connectivity index (χ1n) is 8.10. The van der Waals surface area contributed by atoms with Crippen LogP contribution in [0.25, 0.3) is 0 Å². The Morgan fingerprint density at radius 1 is 0.958 bits per heavy atom. The first-order chi connectivity index (χ1) is 11.5. The van der Waals surface area contributed by atoms with Gasteiger partial charge in [0.2, 0.25) is 0 Å². The Kier molecular flexibility index (Phi) is 5.74. The second-order valence-corrected chi connectivity index (χ2v) is 5.58. The van der Waals surface area contributed by atoms with Crippen molar-refractivity contribution in [2.24, 2.45) is 0 Å². The number of carbonyl (C=O) groups excluding carboxylic acids is 2. The number of carbonyl (C=O) groups is 2. The molecular formula is C20H23NO3. The molecule has 0 spiro atoms. The van der Waals surface area contributed by atoms with Gasteiger partial charge >= 0.3 is 0 Å². The van der Waals surface area contributed by atoms with Crippen LogP contribution in [-0.2, 0) is 0 Å². The molecule has 0 fully saturated rings. The fourth-order valence-corrected chi connectivity index (χ4v) is 2.61. The number of amides is 1. The largest absolute Gasteiger partial charge is 0.497 e. The van der Waals surface area contributed by atoms with Gasteiger partial charge < -0.3 is 9.64 Å². The van der Waals surface area contributed by atoms with Gasteiger partial charge in [-0.25, -0.2) is 0 Å². The van der Waals surface area contributed by atoms with Crippen LogP contribution < -0.4 is 4.74 Å². The SMILES string of the molecule is CCN(CC)C(=O)c1ccc(C)cc1C(=O)c1ccc(OC)cc1. The van der Waals surface area contributed by atoms with Gasteiger partial charge in [0.05, 0.1) is 12.7 Å². The van der Waals surface area contributed by atoms with E-state index in [1.807, 2.05) is 26.8 Å². The van der Waals surface area contributed by atoms with Crippen molar-refractivity contribution in [2.45, 2.75) is 20.8 Å². The second-order valence-electron chi connectivity index (χ2n) is 5.58. The topological polar surface area (TPSA) is 46.6 Å². The zero-order chi connectivity index (χ0) is 17.7. The number of rotatable bonds is 6. The molecule has 0 aromatic heterocycles. The van der Waals surface area contributed by atoms with Crippen LogP contribution in [0.2, 0.25) is 0 Å². The third-order valence-electron chi connectivity index (χ3n) is 4.05. The minimum absolute atomic E-state index is 0.114. The van der Waals surface area contributed by atoms with E-state index in [1.54, 1.807) is 48.4 Å². The van der Waals surface area contributed by atoms with E-state index in [0.29, 0.717) is 35.5 Å². The standard InChI is InChI=1S/C20H23NO3/c1-5-21(6-2)20(23)17-12-7-14(3)13-18(17)19(22)15-8-10-16(24-4)11-9-15/h7-13H,5-6H2,1-4H3. The van der Waals surface area contributed by atoms with Crippen LogP contribution >= 0.6 is 0 Å². The highest BCUT2D eigenvalue weighted by Crippen LogP contribution is 2.20. The van der Waals surface area contributed by atoms with Crippen molar-refractivity contribution in [2.75, 3.05) is 20.2 Å². The van der Waals surface area contributed by atoms with Crippen molar-refractivity contribution in [1.29, 1.82) is 0 Å². The van der Waals surface area contributed by atoms with Crippen molar-refractivity contribution in [1.82, 2.24) is 4.90 Å². The van der Waals surface area contributed by atoms with Crippen LogP contribution in [0, 0.1) is 6.92 Å². The molecule has 126 valence electrons. The van der Waals surface area contributed by atoms with Crippen molar-refractivity contribution in [3.05, 3.63) is 64.7 Å². The summed E-state index contributed by atoms with van der Waals surface area (Å²) in [5.74, 6) is 0.420. The molecule has 0 aliphatic heterocycles. The molecule has 0 N–H and O–H groups in total. The first-order valence-corrected chi connectivity index (χ1v) is 8.10. The summed E-state index contributed by atoms with van der Waals surface area (Å²) in [7, 11) is 1.58. The third kappa shape index (κ3) is 3.65. The fourth-order valence-electron chi connectivity index (χ4n) is 2.61. The highest BCUT2D eigenvalue weighted by Gasteiger charge is 2.21. The number of aryl methyl sites for hydroxylation is 1. The molecule has 2 rings (SSSR count). The Morgan fingerprint density at radius 3 is 2.12 bits per heavy atom. The minimum atomic E-state index is -0.156. The quantitative estimate of drug-likeness (QED) is 0.761. The number of benzene rings is 2. The highest BCUT2D eigenvalue weighted by molar-refractivity contribution is 6.15. The average molecular weight is 325 g/mol. The van der Waals surface area contributed by atoms with Gasteiger partial charge in [0, 0.05) is 24.2 Å². The van der Waals surface area contributed by atoms with Gasteiger partial charge in [-0.3, -0.25) is 9.59 Å². The van der Waals surface area contributed by atoms with E-state index in [4.69, 9.17) is 4.74 Å². The van der Waals surface area contributed by atoms with Crippen LogP contribution in [0.5, 0.6) is 5.75 Å². The van der Waals surface area contributed by atoms with Crippen LogP contribution in [-0.4, -0.2) is 36.8 Å². The molecule has 0 bridgehead atoms. The zero-order valence-corrected chi connectivity index (χ0v) is 14.6. The summed E-state index contributed by atoms with van der Waals surface area (Å²) in [6.45, 7) is 7.00. The number of hydrogen-bond donors (Lipinski definition) is 0. The summed E-state index contributed by atoms with van der Waals surface area (Å²) in [5.41, 5.74) is 2.38. The van der Waals surface area contributed by atoms with E-state index in [1.165, 1.54) is 0 Å². The molecule has 0 atom stereocenters.